The lowest BCUT2D eigenvalue weighted by molar-refractivity contribution is 0.102. The molecular weight excluding hydrogens is 251 g/mol. The lowest BCUT2D eigenvalue weighted by Crippen LogP contribution is -2.13. The fourth-order valence-corrected chi connectivity index (χ4v) is 1.28. The number of carbonyl (C=O) groups is 1. The minimum absolute atomic E-state index is 0.0900. The van der Waals surface area contributed by atoms with Crippen molar-refractivity contribution in [3.8, 4) is 0 Å². The van der Waals surface area contributed by atoms with Gasteiger partial charge in [-0.3, -0.25) is 10.1 Å². The molecule has 6 nitrogen and oxygen atoms in total. The van der Waals surface area contributed by atoms with Crippen LogP contribution in [0.5, 0.6) is 0 Å². The maximum absolute atomic E-state index is 12.9. The Labute approximate surface area is 99.8 Å². The van der Waals surface area contributed by atoms with Crippen LogP contribution < -0.4 is 5.32 Å². The smallest absolute Gasteiger partial charge is 0.315 e. The second-order valence-electron chi connectivity index (χ2n) is 3.09. The first-order valence-corrected chi connectivity index (χ1v) is 4.87. The molecule has 1 amide bonds. The third-order valence-electron chi connectivity index (χ3n) is 1.80. The molecule has 0 aliphatic carbocycles. The van der Waals surface area contributed by atoms with Crippen molar-refractivity contribution in [2.75, 3.05) is 5.32 Å². The number of rotatable bonds is 2. The Morgan fingerprint density at radius 3 is 3.00 bits per heavy atom. The molecule has 2 aromatic rings. The Balaban J connectivity index is 2.22. The lowest BCUT2D eigenvalue weighted by Gasteiger charge is -2.01. The molecule has 0 fully saturated rings. The van der Waals surface area contributed by atoms with Crippen molar-refractivity contribution < 1.29 is 13.7 Å². The zero-order valence-electron chi connectivity index (χ0n) is 8.57. The molecule has 0 saturated carbocycles. The number of aryl methyl sites for hydroxylation is 1. The Morgan fingerprint density at radius 1 is 1.59 bits per heavy atom. The first-order chi connectivity index (χ1) is 8.06. The monoisotopic (exact) mass is 256 g/mol. The van der Waals surface area contributed by atoms with Gasteiger partial charge in [0.25, 0.3) is 5.91 Å². The van der Waals surface area contributed by atoms with Crippen LogP contribution in [-0.4, -0.2) is 21.0 Å². The number of carbonyl (C=O) groups excluding carboxylic acids is 1. The van der Waals surface area contributed by atoms with Gasteiger partial charge in [0.2, 0.25) is 0 Å². The average molecular weight is 257 g/mol. The quantitative estimate of drug-likeness (QED) is 0.829. The van der Waals surface area contributed by atoms with Crippen molar-refractivity contribution in [1.29, 1.82) is 0 Å². The SMILES string of the molecule is Cc1noc(NC(=O)c2cc(F)cnc2Cl)n1. The largest absolute Gasteiger partial charge is 0.328 e. The number of nitrogens with one attached hydrogen (secondary N) is 1. The van der Waals surface area contributed by atoms with Gasteiger partial charge in [0.05, 0.1) is 11.8 Å². The Morgan fingerprint density at radius 2 is 2.35 bits per heavy atom. The third-order valence-corrected chi connectivity index (χ3v) is 2.10. The van der Waals surface area contributed by atoms with E-state index in [2.05, 4.69) is 25.0 Å². The molecule has 2 aromatic heterocycles. The van der Waals surface area contributed by atoms with Crippen LogP contribution in [0.1, 0.15) is 16.2 Å². The highest BCUT2D eigenvalue weighted by molar-refractivity contribution is 6.33. The van der Waals surface area contributed by atoms with Crippen LogP contribution in [0, 0.1) is 12.7 Å². The standard InChI is InChI=1S/C9H6ClFN4O2/c1-4-13-9(17-15-4)14-8(16)6-2-5(11)3-12-7(6)10/h2-3H,1H3,(H,13,14,15,16). The number of hydrogen-bond donors (Lipinski definition) is 1. The molecule has 17 heavy (non-hydrogen) atoms. The van der Waals surface area contributed by atoms with Gasteiger partial charge in [-0.2, -0.15) is 4.98 Å². The normalized spacial score (nSPS) is 10.3. The summed E-state index contributed by atoms with van der Waals surface area (Å²) in [5, 5.41) is 5.65. The highest BCUT2D eigenvalue weighted by atomic mass is 35.5. The molecule has 0 bridgehead atoms. The van der Waals surface area contributed by atoms with Crippen LogP contribution in [0.15, 0.2) is 16.8 Å². The van der Waals surface area contributed by atoms with Crippen LogP contribution >= 0.6 is 11.6 Å². The Kier molecular flexibility index (Phi) is 3.01. The highest BCUT2D eigenvalue weighted by Gasteiger charge is 2.15. The van der Waals surface area contributed by atoms with Gasteiger partial charge in [0.15, 0.2) is 5.82 Å². The summed E-state index contributed by atoms with van der Waals surface area (Å²) in [5.41, 5.74) is -0.109. The minimum atomic E-state index is -0.675. The molecule has 8 heteroatoms. The number of nitrogens with zero attached hydrogens (tertiary/aromatic N) is 3. The van der Waals surface area contributed by atoms with Crippen molar-refractivity contribution in [1.82, 2.24) is 15.1 Å². The third kappa shape index (κ3) is 2.56. The molecule has 0 atom stereocenters. The molecule has 0 aromatic carbocycles. The van der Waals surface area contributed by atoms with Gasteiger partial charge < -0.3 is 4.52 Å². The van der Waals surface area contributed by atoms with Gasteiger partial charge in [-0.25, -0.2) is 9.37 Å². The maximum atomic E-state index is 12.9. The van der Waals surface area contributed by atoms with Gasteiger partial charge >= 0.3 is 6.01 Å². The molecule has 0 spiro atoms. The van der Waals surface area contributed by atoms with E-state index in [0.717, 1.165) is 12.3 Å². The second-order valence-corrected chi connectivity index (χ2v) is 3.45. The molecule has 0 aliphatic rings. The Hall–Kier alpha value is -2.02. The first kappa shape index (κ1) is 11.5. The predicted molar refractivity (Wildman–Crippen MR) is 56.2 cm³/mol. The summed E-state index contributed by atoms with van der Waals surface area (Å²) >= 11 is 5.66. The Bertz CT molecular complexity index is 572. The van der Waals surface area contributed by atoms with E-state index < -0.39 is 11.7 Å². The minimum Gasteiger partial charge on any atom is -0.315 e. The predicted octanol–water partition coefficient (Wildman–Crippen LogP) is 1.82. The number of pyridine rings is 1. The molecule has 0 aliphatic heterocycles. The van der Waals surface area contributed by atoms with Crippen molar-refractivity contribution >= 4 is 23.5 Å². The van der Waals surface area contributed by atoms with Gasteiger partial charge in [0, 0.05) is 0 Å². The second kappa shape index (κ2) is 4.46. The van der Waals surface area contributed by atoms with E-state index in [4.69, 9.17) is 11.6 Å². The van der Waals surface area contributed by atoms with E-state index in [1.165, 1.54) is 0 Å². The molecule has 0 radical (unpaired) electrons. The molecule has 0 unspecified atom stereocenters. The zero-order chi connectivity index (χ0) is 12.4. The first-order valence-electron chi connectivity index (χ1n) is 4.49. The molecule has 0 saturated heterocycles. The number of hydrogen-bond acceptors (Lipinski definition) is 5. The van der Waals surface area contributed by atoms with Crippen LogP contribution in [0.4, 0.5) is 10.4 Å². The summed E-state index contributed by atoms with van der Waals surface area (Å²) < 4.78 is 17.6. The summed E-state index contributed by atoms with van der Waals surface area (Å²) in [4.78, 5) is 18.9. The molecule has 2 rings (SSSR count). The summed E-state index contributed by atoms with van der Waals surface area (Å²) in [6.07, 6.45) is 0.913. The fourth-order valence-electron chi connectivity index (χ4n) is 1.09. The van der Waals surface area contributed by atoms with Gasteiger partial charge in [0.1, 0.15) is 11.0 Å². The van der Waals surface area contributed by atoms with E-state index >= 15 is 0 Å². The topological polar surface area (TPSA) is 80.9 Å². The molecule has 88 valence electrons. The number of anilines is 1. The molecule has 1 N–H and O–H groups in total. The summed E-state index contributed by atoms with van der Waals surface area (Å²) in [6, 6.07) is 0.876. The maximum Gasteiger partial charge on any atom is 0.328 e. The summed E-state index contributed by atoms with van der Waals surface area (Å²) in [7, 11) is 0. The number of aromatic nitrogens is 3. The zero-order valence-corrected chi connectivity index (χ0v) is 9.32. The van der Waals surface area contributed by atoms with Crippen molar-refractivity contribution in [3.63, 3.8) is 0 Å². The lowest BCUT2D eigenvalue weighted by atomic mass is 10.2. The average Bonchev–Trinajstić information content (AvgIpc) is 2.67. The van der Waals surface area contributed by atoms with Crippen LogP contribution in [-0.2, 0) is 0 Å². The van der Waals surface area contributed by atoms with Crippen LogP contribution in [0.25, 0.3) is 0 Å². The molecular formula is C9H6ClFN4O2. The number of amides is 1. The van der Waals surface area contributed by atoms with E-state index in [9.17, 15) is 9.18 Å². The van der Waals surface area contributed by atoms with Crippen molar-refractivity contribution in [2.45, 2.75) is 6.92 Å². The van der Waals surface area contributed by atoms with E-state index in [1.807, 2.05) is 0 Å². The van der Waals surface area contributed by atoms with E-state index in [-0.39, 0.29) is 16.7 Å². The van der Waals surface area contributed by atoms with Gasteiger partial charge in [-0.05, 0) is 13.0 Å². The number of halogens is 2. The van der Waals surface area contributed by atoms with Crippen molar-refractivity contribution in [2.24, 2.45) is 0 Å². The fraction of sp³-hybridized carbons (Fsp3) is 0.111. The van der Waals surface area contributed by atoms with E-state index in [1.54, 1.807) is 6.92 Å². The van der Waals surface area contributed by atoms with Crippen LogP contribution in [0.2, 0.25) is 5.15 Å². The van der Waals surface area contributed by atoms with Crippen molar-refractivity contribution in [3.05, 3.63) is 34.6 Å². The molecule has 2 heterocycles. The van der Waals surface area contributed by atoms with Crippen LogP contribution in [0.3, 0.4) is 0 Å². The van der Waals surface area contributed by atoms with Gasteiger partial charge in [-0.1, -0.05) is 16.8 Å². The summed E-state index contributed by atoms with van der Waals surface area (Å²) in [5.74, 6) is -0.976. The van der Waals surface area contributed by atoms with Gasteiger partial charge in [-0.15, -0.1) is 0 Å². The highest BCUT2D eigenvalue weighted by Crippen LogP contribution is 2.15. The summed E-state index contributed by atoms with van der Waals surface area (Å²) in [6.45, 7) is 1.59. The van der Waals surface area contributed by atoms with E-state index in [0.29, 0.717) is 5.82 Å².